The van der Waals surface area contributed by atoms with Crippen molar-refractivity contribution in [3.05, 3.63) is 0 Å². The first-order valence-electron chi connectivity index (χ1n) is 5.73. The van der Waals surface area contributed by atoms with Crippen molar-refractivity contribution < 1.29 is 0 Å². The molecule has 0 aliphatic carbocycles. The standard InChI is InChI=1S/C11H26N2/c1-4-6-8-11(12-3)9-7-10-13-5-2/h11-13H,4-10H2,1-3H3. The number of hydrogen-bond donors (Lipinski definition) is 2. The minimum absolute atomic E-state index is 0.735. The molecule has 0 aromatic heterocycles. The van der Waals surface area contributed by atoms with Crippen molar-refractivity contribution >= 4 is 0 Å². The van der Waals surface area contributed by atoms with Crippen LogP contribution in [0, 0.1) is 0 Å². The normalized spacial score (nSPS) is 13.2. The Kier molecular flexibility index (Phi) is 9.94. The van der Waals surface area contributed by atoms with Gasteiger partial charge in [0.05, 0.1) is 0 Å². The molecule has 0 rings (SSSR count). The van der Waals surface area contributed by atoms with Crippen LogP contribution in [0.4, 0.5) is 0 Å². The highest BCUT2D eigenvalue weighted by atomic mass is 14.9. The summed E-state index contributed by atoms with van der Waals surface area (Å²) in [4.78, 5) is 0. The Morgan fingerprint density at radius 3 is 2.31 bits per heavy atom. The summed E-state index contributed by atoms with van der Waals surface area (Å²) in [5, 5.41) is 6.74. The smallest absolute Gasteiger partial charge is 0.00645 e. The molecule has 0 aromatic carbocycles. The minimum Gasteiger partial charge on any atom is -0.317 e. The molecule has 2 N–H and O–H groups in total. The lowest BCUT2D eigenvalue weighted by Gasteiger charge is -2.15. The molecule has 0 aliphatic heterocycles. The topological polar surface area (TPSA) is 24.1 Å². The van der Waals surface area contributed by atoms with Gasteiger partial charge < -0.3 is 10.6 Å². The molecule has 0 saturated carbocycles. The van der Waals surface area contributed by atoms with Gasteiger partial charge in [-0.1, -0.05) is 26.7 Å². The number of nitrogens with one attached hydrogen (secondary N) is 2. The predicted octanol–water partition coefficient (Wildman–Crippen LogP) is 2.15. The van der Waals surface area contributed by atoms with E-state index in [2.05, 4.69) is 31.5 Å². The maximum atomic E-state index is 3.39. The van der Waals surface area contributed by atoms with Crippen molar-refractivity contribution in [1.29, 1.82) is 0 Å². The minimum atomic E-state index is 0.735. The van der Waals surface area contributed by atoms with E-state index < -0.39 is 0 Å². The van der Waals surface area contributed by atoms with E-state index in [1.165, 1.54) is 38.6 Å². The van der Waals surface area contributed by atoms with Crippen LogP contribution in [-0.4, -0.2) is 26.2 Å². The fourth-order valence-electron chi connectivity index (χ4n) is 1.53. The SMILES string of the molecule is CCCCC(CCCNCC)NC. The van der Waals surface area contributed by atoms with Crippen molar-refractivity contribution in [3.8, 4) is 0 Å². The summed E-state index contributed by atoms with van der Waals surface area (Å²) in [6.45, 7) is 6.68. The van der Waals surface area contributed by atoms with E-state index in [4.69, 9.17) is 0 Å². The van der Waals surface area contributed by atoms with Gasteiger partial charge in [0.25, 0.3) is 0 Å². The highest BCUT2D eigenvalue weighted by Crippen LogP contribution is 2.05. The van der Waals surface area contributed by atoms with Crippen molar-refractivity contribution in [2.24, 2.45) is 0 Å². The van der Waals surface area contributed by atoms with Gasteiger partial charge in [-0.25, -0.2) is 0 Å². The van der Waals surface area contributed by atoms with Crippen LogP contribution in [0.15, 0.2) is 0 Å². The summed E-state index contributed by atoms with van der Waals surface area (Å²) in [7, 11) is 2.08. The number of rotatable bonds is 9. The maximum Gasteiger partial charge on any atom is 0.00645 e. The van der Waals surface area contributed by atoms with Crippen molar-refractivity contribution in [2.75, 3.05) is 20.1 Å². The van der Waals surface area contributed by atoms with E-state index in [0.29, 0.717) is 0 Å². The van der Waals surface area contributed by atoms with Crippen LogP contribution in [0.2, 0.25) is 0 Å². The average molecular weight is 186 g/mol. The van der Waals surface area contributed by atoms with Crippen molar-refractivity contribution in [2.45, 2.75) is 52.0 Å². The third kappa shape index (κ3) is 8.26. The van der Waals surface area contributed by atoms with Gasteiger partial charge in [-0.05, 0) is 39.4 Å². The molecule has 0 radical (unpaired) electrons. The second-order valence-corrected chi connectivity index (χ2v) is 3.62. The summed E-state index contributed by atoms with van der Waals surface area (Å²) >= 11 is 0. The molecule has 1 atom stereocenters. The van der Waals surface area contributed by atoms with E-state index in [1.807, 2.05) is 0 Å². The molecule has 0 saturated heterocycles. The zero-order chi connectivity index (χ0) is 9.94. The quantitative estimate of drug-likeness (QED) is 0.539. The lowest BCUT2D eigenvalue weighted by molar-refractivity contribution is 0.452. The highest BCUT2D eigenvalue weighted by Gasteiger charge is 2.03. The second kappa shape index (κ2) is 10.0. The third-order valence-corrected chi connectivity index (χ3v) is 2.47. The van der Waals surface area contributed by atoms with Crippen LogP contribution in [0.25, 0.3) is 0 Å². The molecule has 0 fully saturated rings. The summed E-state index contributed by atoms with van der Waals surface area (Å²) in [5.74, 6) is 0. The molecule has 0 aliphatic rings. The monoisotopic (exact) mass is 186 g/mol. The zero-order valence-electron chi connectivity index (χ0n) is 9.53. The third-order valence-electron chi connectivity index (χ3n) is 2.47. The first-order valence-corrected chi connectivity index (χ1v) is 5.73. The van der Waals surface area contributed by atoms with Crippen LogP contribution in [0.1, 0.15) is 46.0 Å². The molecule has 0 aromatic rings. The highest BCUT2D eigenvalue weighted by molar-refractivity contribution is 4.64. The van der Waals surface area contributed by atoms with Crippen molar-refractivity contribution in [3.63, 3.8) is 0 Å². The zero-order valence-corrected chi connectivity index (χ0v) is 9.53. The van der Waals surface area contributed by atoms with E-state index in [9.17, 15) is 0 Å². The molecule has 2 nitrogen and oxygen atoms in total. The van der Waals surface area contributed by atoms with Crippen LogP contribution in [0.5, 0.6) is 0 Å². The van der Waals surface area contributed by atoms with Gasteiger partial charge in [0.1, 0.15) is 0 Å². The Labute approximate surface area is 83.5 Å². The number of hydrogen-bond acceptors (Lipinski definition) is 2. The predicted molar refractivity (Wildman–Crippen MR) is 60.2 cm³/mol. The van der Waals surface area contributed by atoms with Crippen LogP contribution in [0.3, 0.4) is 0 Å². The largest absolute Gasteiger partial charge is 0.317 e. The Balaban J connectivity index is 3.25. The van der Waals surface area contributed by atoms with E-state index >= 15 is 0 Å². The molecule has 2 heteroatoms. The summed E-state index contributed by atoms with van der Waals surface area (Å²) in [6.07, 6.45) is 6.60. The van der Waals surface area contributed by atoms with E-state index in [-0.39, 0.29) is 0 Å². The van der Waals surface area contributed by atoms with Gasteiger partial charge in [-0.15, -0.1) is 0 Å². The molecular weight excluding hydrogens is 160 g/mol. The molecule has 0 amide bonds. The van der Waals surface area contributed by atoms with Crippen LogP contribution < -0.4 is 10.6 Å². The van der Waals surface area contributed by atoms with E-state index in [0.717, 1.165) is 12.6 Å². The molecule has 0 spiro atoms. The average Bonchev–Trinajstić information content (AvgIpc) is 2.17. The molecule has 0 heterocycles. The van der Waals surface area contributed by atoms with E-state index in [1.54, 1.807) is 0 Å². The molecule has 1 unspecified atom stereocenters. The summed E-state index contributed by atoms with van der Waals surface area (Å²) in [6, 6.07) is 0.735. The van der Waals surface area contributed by atoms with Crippen molar-refractivity contribution in [1.82, 2.24) is 10.6 Å². The van der Waals surface area contributed by atoms with Gasteiger partial charge in [0.2, 0.25) is 0 Å². The Hall–Kier alpha value is -0.0800. The van der Waals surface area contributed by atoms with Crippen LogP contribution >= 0.6 is 0 Å². The van der Waals surface area contributed by atoms with Crippen LogP contribution in [-0.2, 0) is 0 Å². The fraction of sp³-hybridized carbons (Fsp3) is 1.00. The molecule has 80 valence electrons. The molecule has 13 heavy (non-hydrogen) atoms. The Bertz CT molecular complexity index is 94.1. The molecule has 0 bridgehead atoms. The Morgan fingerprint density at radius 2 is 1.77 bits per heavy atom. The van der Waals surface area contributed by atoms with Gasteiger partial charge in [-0.3, -0.25) is 0 Å². The summed E-state index contributed by atoms with van der Waals surface area (Å²) < 4.78 is 0. The molecular formula is C11H26N2. The fourth-order valence-corrected chi connectivity index (χ4v) is 1.53. The second-order valence-electron chi connectivity index (χ2n) is 3.62. The van der Waals surface area contributed by atoms with Gasteiger partial charge in [-0.2, -0.15) is 0 Å². The lowest BCUT2D eigenvalue weighted by atomic mass is 10.1. The van der Waals surface area contributed by atoms with Gasteiger partial charge in [0.15, 0.2) is 0 Å². The maximum absolute atomic E-state index is 3.39. The van der Waals surface area contributed by atoms with Gasteiger partial charge >= 0.3 is 0 Å². The Morgan fingerprint density at radius 1 is 1.08 bits per heavy atom. The van der Waals surface area contributed by atoms with Gasteiger partial charge in [0, 0.05) is 6.04 Å². The first kappa shape index (κ1) is 12.9. The lowest BCUT2D eigenvalue weighted by Crippen LogP contribution is -2.26. The first-order chi connectivity index (χ1) is 6.35. The number of unbranched alkanes of at least 4 members (excludes halogenated alkanes) is 1. The summed E-state index contributed by atoms with van der Waals surface area (Å²) in [5.41, 5.74) is 0.